The molecule has 0 aromatic carbocycles. The number of fused-ring (bicyclic) bond motifs is 6. The Labute approximate surface area is 362 Å². The Kier molecular flexibility index (Phi) is 8.99. The maximum atomic E-state index is 6.50. The highest BCUT2D eigenvalue weighted by atomic mass is 32.1. The second kappa shape index (κ2) is 14.5. The smallest absolute Gasteiger partial charge is 0.181 e. The SMILES string of the molecule is CC(C)C(C)c1sc(-c2sc(-c3sc(-c4sc(-c5sc(-c6scc7c6OCCO7)c6c5OCCO6)c5c4OCCO5)c4c3OCCO4)c3c2OCCO3)c2c1OCCO2. The molecule has 0 radical (unpaired) electrons. The third-order valence-electron chi connectivity index (χ3n) is 10.8. The van der Waals surface area contributed by atoms with Crippen molar-refractivity contribution in [1.29, 1.82) is 0 Å². The van der Waals surface area contributed by atoms with Crippen molar-refractivity contribution in [2.24, 2.45) is 5.92 Å². The Bertz CT molecular complexity index is 2620. The van der Waals surface area contributed by atoms with Crippen LogP contribution in [-0.2, 0) is 0 Å². The lowest BCUT2D eigenvalue weighted by Crippen LogP contribution is -2.16. The number of hydrogen-bond donors (Lipinski definition) is 0. The number of hydrogen-bond acceptors (Lipinski definition) is 18. The fourth-order valence-corrected chi connectivity index (χ4v) is 15.5. The molecule has 12 heterocycles. The molecule has 6 aromatic rings. The van der Waals surface area contributed by atoms with Crippen molar-refractivity contribution in [2.45, 2.75) is 26.7 Å². The van der Waals surface area contributed by atoms with E-state index in [-0.39, 0.29) is 5.92 Å². The van der Waals surface area contributed by atoms with E-state index >= 15 is 0 Å². The van der Waals surface area contributed by atoms with Crippen LogP contribution in [0.5, 0.6) is 69.0 Å². The van der Waals surface area contributed by atoms with Gasteiger partial charge in [0.05, 0.1) is 53.6 Å². The highest BCUT2D eigenvalue weighted by Gasteiger charge is 2.40. The normalized spacial score (nSPS) is 17.6. The Hall–Kier alpha value is -4.20. The monoisotopic (exact) mass is 912 g/mol. The third kappa shape index (κ3) is 5.72. The van der Waals surface area contributed by atoms with Gasteiger partial charge in [0.1, 0.15) is 79.3 Å². The minimum absolute atomic E-state index is 0.289. The van der Waals surface area contributed by atoms with Gasteiger partial charge in [-0.3, -0.25) is 0 Å². The highest BCUT2D eigenvalue weighted by Crippen LogP contribution is 2.68. The summed E-state index contributed by atoms with van der Waals surface area (Å²) in [5.41, 5.74) is 0. The highest BCUT2D eigenvalue weighted by molar-refractivity contribution is 7.31. The van der Waals surface area contributed by atoms with Crippen LogP contribution in [0.15, 0.2) is 5.38 Å². The molecule has 0 spiro atoms. The van der Waals surface area contributed by atoms with Crippen molar-refractivity contribution in [2.75, 3.05) is 79.3 Å². The first-order chi connectivity index (χ1) is 29.0. The van der Waals surface area contributed by atoms with Gasteiger partial charge >= 0.3 is 0 Å². The predicted molar refractivity (Wildman–Crippen MR) is 230 cm³/mol. The summed E-state index contributed by atoms with van der Waals surface area (Å²) < 4.78 is 76.2. The van der Waals surface area contributed by atoms with Crippen molar-refractivity contribution in [1.82, 2.24) is 0 Å². The zero-order valence-electron chi connectivity index (χ0n) is 32.1. The summed E-state index contributed by atoms with van der Waals surface area (Å²) in [6.07, 6.45) is 0. The molecule has 0 aliphatic carbocycles. The van der Waals surface area contributed by atoms with E-state index in [1.807, 2.05) is 5.38 Å². The van der Waals surface area contributed by atoms with Gasteiger partial charge in [-0.25, -0.2) is 0 Å². The van der Waals surface area contributed by atoms with Crippen LogP contribution < -0.4 is 56.8 Å². The van der Waals surface area contributed by atoms with Crippen LogP contribution in [0.2, 0.25) is 0 Å². The van der Waals surface area contributed by atoms with E-state index in [0.717, 1.165) is 77.5 Å². The summed E-state index contributed by atoms with van der Waals surface area (Å²) in [6.45, 7) is 12.2. The number of ether oxygens (including phenoxy) is 12. The molecule has 12 rings (SSSR count). The molecular formula is C41H36O12S6. The van der Waals surface area contributed by atoms with E-state index in [1.165, 1.54) is 4.88 Å². The van der Waals surface area contributed by atoms with Crippen LogP contribution in [0.3, 0.4) is 0 Å². The maximum Gasteiger partial charge on any atom is 0.181 e. The Morgan fingerprint density at radius 1 is 0.322 bits per heavy atom. The largest absolute Gasteiger partial charge is 0.485 e. The van der Waals surface area contributed by atoms with E-state index < -0.39 is 0 Å². The molecule has 0 N–H and O–H groups in total. The van der Waals surface area contributed by atoms with E-state index in [1.54, 1.807) is 68.0 Å². The average molecular weight is 913 g/mol. The molecule has 59 heavy (non-hydrogen) atoms. The molecule has 0 amide bonds. The average Bonchev–Trinajstić information content (AvgIpc) is 4.14. The summed E-state index contributed by atoms with van der Waals surface area (Å²) in [6, 6.07) is 0. The topological polar surface area (TPSA) is 111 Å². The van der Waals surface area contributed by atoms with Crippen LogP contribution >= 0.6 is 68.0 Å². The van der Waals surface area contributed by atoms with Gasteiger partial charge in [0.15, 0.2) is 69.0 Å². The first-order valence-corrected chi connectivity index (χ1v) is 24.5. The van der Waals surface area contributed by atoms with Crippen LogP contribution in [0.4, 0.5) is 0 Å². The van der Waals surface area contributed by atoms with E-state index in [2.05, 4.69) is 20.8 Å². The summed E-state index contributed by atoms with van der Waals surface area (Å²) in [5.74, 6) is 9.37. The second-order valence-electron chi connectivity index (χ2n) is 14.6. The summed E-state index contributed by atoms with van der Waals surface area (Å²) in [4.78, 5) is 10.5. The van der Waals surface area contributed by atoms with Crippen molar-refractivity contribution in [3.8, 4) is 118 Å². The van der Waals surface area contributed by atoms with Crippen molar-refractivity contribution >= 4 is 68.0 Å². The first kappa shape index (κ1) is 36.6. The molecule has 6 aliphatic rings. The molecule has 6 aromatic heterocycles. The zero-order chi connectivity index (χ0) is 39.4. The molecular weight excluding hydrogens is 877 g/mol. The summed E-state index contributed by atoms with van der Waals surface area (Å²) in [5, 5.41) is 1.99. The number of thiophene rings is 6. The molecule has 0 fully saturated rings. The molecule has 6 aliphatic heterocycles. The standard InChI is InChI=1S/C41H36O12S6/c1-17(2)18(3)31-21-22(45-7-6-44-21)34(55-31)35-25-26(49-11-10-48-25)38(57-35)39-29-30(53-15-14-52-29)41(59-39)40-28-27(50-12-13-51-28)37(58-40)36-24-23(46-8-9-47-24)33(56-36)32-20-19(16-54-32)42-4-5-43-20/h16-18H,4-15H2,1-3H3. The van der Waals surface area contributed by atoms with Crippen molar-refractivity contribution in [3.63, 3.8) is 0 Å². The van der Waals surface area contributed by atoms with Gasteiger partial charge in [-0.05, 0) is 11.8 Å². The Morgan fingerprint density at radius 2 is 0.593 bits per heavy atom. The third-order valence-corrected chi connectivity index (χ3v) is 18.5. The van der Waals surface area contributed by atoms with Crippen LogP contribution in [0, 0.1) is 5.92 Å². The van der Waals surface area contributed by atoms with Gasteiger partial charge in [-0.1, -0.05) is 20.8 Å². The van der Waals surface area contributed by atoms with E-state index in [4.69, 9.17) is 56.8 Å². The van der Waals surface area contributed by atoms with Crippen LogP contribution in [-0.4, -0.2) is 79.3 Å². The maximum absolute atomic E-state index is 6.50. The van der Waals surface area contributed by atoms with Crippen molar-refractivity contribution in [3.05, 3.63) is 10.3 Å². The van der Waals surface area contributed by atoms with Crippen molar-refractivity contribution < 1.29 is 56.8 Å². The molecule has 1 atom stereocenters. The minimum Gasteiger partial charge on any atom is -0.485 e. The van der Waals surface area contributed by atoms with Gasteiger partial charge in [0.25, 0.3) is 0 Å². The molecule has 1 unspecified atom stereocenters. The van der Waals surface area contributed by atoms with Gasteiger partial charge in [-0.2, -0.15) is 0 Å². The molecule has 0 saturated heterocycles. The van der Waals surface area contributed by atoms with Gasteiger partial charge in [-0.15, -0.1) is 68.0 Å². The van der Waals surface area contributed by atoms with Gasteiger partial charge in [0.2, 0.25) is 0 Å². The predicted octanol–water partition coefficient (Wildman–Crippen LogP) is 10.8. The molecule has 308 valence electrons. The van der Waals surface area contributed by atoms with Crippen LogP contribution in [0.1, 0.15) is 31.6 Å². The zero-order valence-corrected chi connectivity index (χ0v) is 37.0. The molecule has 12 nitrogen and oxygen atoms in total. The van der Waals surface area contributed by atoms with Gasteiger partial charge in [0, 0.05) is 5.38 Å². The van der Waals surface area contributed by atoms with E-state index in [0.29, 0.717) is 125 Å². The Balaban J connectivity index is 1.01. The lowest BCUT2D eigenvalue weighted by Gasteiger charge is -2.20. The lowest BCUT2D eigenvalue weighted by molar-refractivity contribution is 0.170. The molecule has 18 heteroatoms. The fourth-order valence-electron chi connectivity index (χ4n) is 7.74. The lowest BCUT2D eigenvalue weighted by atomic mass is 9.96. The fraction of sp³-hybridized carbons (Fsp3) is 0.415. The molecule has 0 saturated carbocycles. The number of rotatable bonds is 7. The molecule has 0 bridgehead atoms. The minimum atomic E-state index is 0.289. The van der Waals surface area contributed by atoms with Gasteiger partial charge < -0.3 is 56.8 Å². The summed E-state index contributed by atoms with van der Waals surface area (Å²) in [7, 11) is 0. The Morgan fingerprint density at radius 3 is 0.949 bits per heavy atom. The summed E-state index contributed by atoms with van der Waals surface area (Å²) >= 11 is 9.73. The second-order valence-corrected chi connectivity index (χ2v) is 20.6. The quantitative estimate of drug-likeness (QED) is 0.152. The van der Waals surface area contributed by atoms with E-state index in [9.17, 15) is 0 Å². The van der Waals surface area contributed by atoms with Crippen LogP contribution in [0.25, 0.3) is 48.8 Å². The first-order valence-electron chi connectivity index (χ1n) is 19.5.